The van der Waals surface area contributed by atoms with Crippen molar-refractivity contribution in [1.29, 1.82) is 0 Å². The zero-order valence-electron chi connectivity index (χ0n) is 8.77. The fraction of sp³-hybridized carbons (Fsp3) is 0. The van der Waals surface area contributed by atoms with Gasteiger partial charge in [-0.05, 0) is 30.3 Å². The molecule has 0 aliphatic rings. The molecular formula is C12H9BrFN3. The van der Waals surface area contributed by atoms with E-state index in [1.165, 1.54) is 6.07 Å². The van der Waals surface area contributed by atoms with Crippen molar-refractivity contribution in [2.75, 3.05) is 0 Å². The maximum atomic E-state index is 13.6. The van der Waals surface area contributed by atoms with Crippen molar-refractivity contribution >= 4 is 27.5 Å². The van der Waals surface area contributed by atoms with Crippen molar-refractivity contribution in [1.82, 2.24) is 4.98 Å². The van der Waals surface area contributed by atoms with Gasteiger partial charge < -0.3 is 5.73 Å². The molecule has 0 atom stereocenters. The molecule has 2 N–H and O–H groups in total. The van der Waals surface area contributed by atoms with Gasteiger partial charge in [0.2, 0.25) is 0 Å². The fourth-order valence-electron chi connectivity index (χ4n) is 1.32. The monoisotopic (exact) mass is 293 g/mol. The number of benzene rings is 1. The lowest BCUT2D eigenvalue weighted by Crippen LogP contribution is -2.14. The van der Waals surface area contributed by atoms with Crippen LogP contribution in [0.5, 0.6) is 0 Å². The van der Waals surface area contributed by atoms with Crippen molar-refractivity contribution in [3.63, 3.8) is 0 Å². The Kier molecular flexibility index (Phi) is 3.49. The minimum absolute atomic E-state index is 0.128. The second-order valence-corrected chi connectivity index (χ2v) is 4.25. The van der Waals surface area contributed by atoms with Gasteiger partial charge in [0.15, 0.2) is 0 Å². The summed E-state index contributed by atoms with van der Waals surface area (Å²) in [6.07, 6.45) is 3.19. The zero-order valence-corrected chi connectivity index (χ0v) is 10.4. The molecule has 2 aromatic rings. The second-order valence-electron chi connectivity index (χ2n) is 3.33. The van der Waals surface area contributed by atoms with Crippen molar-refractivity contribution in [2.45, 2.75) is 0 Å². The van der Waals surface area contributed by atoms with Crippen LogP contribution in [0.25, 0.3) is 0 Å². The van der Waals surface area contributed by atoms with Gasteiger partial charge >= 0.3 is 0 Å². The topological polar surface area (TPSA) is 51.3 Å². The van der Waals surface area contributed by atoms with E-state index in [0.29, 0.717) is 10.2 Å². The molecule has 0 bridgehead atoms. The highest BCUT2D eigenvalue weighted by atomic mass is 79.9. The number of nitrogens with zero attached hydrogens (tertiary/aromatic N) is 2. The van der Waals surface area contributed by atoms with Crippen LogP contribution in [0.2, 0.25) is 0 Å². The Bertz CT molecular complexity index is 555. The molecule has 0 aliphatic heterocycles. The standard InChI is InChI=1S/C12H9BrFN3/c13-8-3-4-10(11(14)6-8)12(15)17-9-2-1-5-16-7-9/h1-7H,(H2,15,17). The van der Waals surface area contributed by atoms with Gasteiger partial charge in [0.05, 0.1) is 17.4 Å². The zero-order chi connectivity index (χ0) is 12.3. The van der Waals surface area contributed by atoms with Crippen LogP contribution in [0.3, 0.4) is 0 Å². The van der Waals surface area contributed by atoms with Crippen LogP contribution in [0.4, 0.5) is 10.1 Å². The highest BCUT2D eigenvalue weighted by Gasteiger charge is 2.06. The van der Waals surface area contributed by atoms with Gasteiger partial charge in [0, 0.05) is 10.7 Å². The first-order valence-corrected chi connectivity index (χ1v) is 5.66. The maximum absolute atomic E-state index is 13.6. The fourth-order valence-corrected chi connectivity index (χ4v) is 1.65. The van der Waals surface area contributed by atoms with Gasteiger partial charge in [0.1, 0.15) is 11.7 Å². The first kappa shape index (κ1) is 11.7. The second kappa shape index (κ2) is 5.05. The van der Waals surface area contributed by atoms with Gasteiger partial charge in [-0.15, -0.1) is 0 Å². The number of aromatic nitrogens is 1. The Balaban J connectivity index is 2.37. The van der Waals surface area contributed by atoms with Crippen molar-refractivity contribution in [2.24, 2.45) is 10.7 Å². The average Bonchev–Trinajstić information content (AvgIpc) is 2.30. The molecule has 2 rings (SSSR count). The third-order valence-corrected chi connectivity index (χ3v) is 2.60. The number of aliphatic imine (C=N–C) groups is 1. The summed E-state index contributed by atoms with van der Waals surface area (Å²) in [7, 11) is 0. The molecule has 5 heteroatoms. The van der Waals surface area contributed by atoms with E-state index in [1.54, 1.807) is 36.7 Å². The summed E-state index contributed by atoms with van der Waals surface area (Å²) in [5, 5.41) is 0. The highest BCUT2D eigenvalue weighted by molar-refractivity contribution is 9.10. The SMILES string of the molecule is NC(=Nc1cccnc1)c1ccc(Br)cc1F. The van der Waals surface area contributed by atoms with Crippen LogP contribution < -0.4 is 5.73 Å². The highest BCUT2D eigenvalue weighted by Crippen LogP contribution is 2.16. The number of hydrogen-bond donors (Lipinski definition) is 1. The Morgan fingerprint density at radius 2 is 2.18 bits per heavy atom. The van der Waals surface area contributed by atoms with E-state index in [2.05, 4.69) is 25.9 Å². The van der Waals surface area contributed by atoms with Crippen LogP contribution in [-0.4, -0.2) is 10.8 Å². The number of halogens is 2. The minimum atomic E-state index is -0.412. The molecule has 17 heavy (non-hydrogen) atoms. The number of amidine groups is 1. The summed E-state index contributed by atoms with van der Waals surface area (Å²) in [5.41, 5.74) is 6.61. The van der Waals surface area contributed by atoms with Crippen LogP contribution in [0.1, 0.15) is 5.56 Å². The normalized spacial score (nSPS) is 11.5. The molecule has 0 unspecified atom stereocenters. The number of hydrogen-bond acceptors (Lipinski definition) is 2. The molecule has 0 aliphatic carbocycles. The summed E-state index contributed by atoms with van der Waals surface area (Å²) in [6.45, 7) is 0. The first-order valence-electron chi connectivity index (χ1n) is 4.86. The quantitative estimate of drug-likeness (QED) is 0.683. The molecule has 86 valence electrons. The lowest BCUT2D eigenvalue weighted by atomic mass is 10.2. The van der Waals surface area contributed by atoms with Crippen LogP contribution in [-0.2, 0) is 0 Å². The molecule has 1 aromatic heterocycles. The van der Waals surface area contributed by atoms with Gasteiger partial charge in [-0.3, -0.25) is 4.98 Å². The predicted molar refractivity (Wildman–Crippen MR) is 68.7 cm³/mol. The Morgan fingerprint density at radius 1 is 1.35 bits per heavy atom. The Labute approximate surface area is 106 Å². The average molecular weight is 294 g/mol. The van der Waals surface area contributed by atoms with Gasteiger partial charge in [-0.25, -0.2) is 9.38 Å². The lowest BCUT2D eigenvalue weighted by Gasteiger charge is -2.03. The predicted octanol–water partition coefficient (Wildman–Crippen LogP) is 3.02. The van der Waals surface area contributed by atoms with Crippen molar-refractivity contribution < 1.29 is 4.39 Å². The Morgan fingerprint density at radius 3 is 2.82 bits per heavy atom. The number of rotatable bonds is 2. The molecule has 3 nitrogen and oxygen atoms in total. The van der Waals surface area contributed by atoms with Crippen LogP contribution in [0, 0.1) is 5.82 Å². The first-order chi connectivity index (χ1) is 8.16. The minimum Gasteiger partial charge on any atom is -0.383 e. The van der Waals surface area contributed by atoms with Gasteiger partial charge in [-0.2, -0.15) is 0 Å². The smallest absolute Gasteiger partial charge is 0.135 e. The van der Waals surface area contributed by atoms with E-state index < -0.39 is 5.82 Å². The molecule has 0 radical (unpaired) electrons. The summed E-state index contributed by atoms with van der Waals surface area (Å²) in [5.74, 6) is -0.285. The molecule has 0 saturated carbocycles. The maximum Gasteiger partial charge on any atom is 0.135 e. The summed E-state index contributed by atoms with van der Waals surface area (Å²) < 4.78 is 14.3. The van der Waals surface area contributed by atoms with E-state index in [0.717, 1.165) is 0 Å². The molecule has 0 spiro atoms. The molecule has 1 aromatic carbocycles. The summed E-state index contributed by atoms with van der Waals surface area (Å²) >= 11 is 3.18. The molecule has 0 saturated heterocycles. The molecule has 0 fully saturated rings. The van der Waals surface area contributed by atoms with E-state index >= 15 is 0 Å². The molecule has 1 heterocycles. The van der Waals surface area contributed by atoms with Crippen LogP contribution in [0.15, 0.2) is 52.2 Å². The van der Waals surface area contributed by atoms with Crippen LogP contribution >= 0.6 is 15.9 Å². The third kappa shape index (κ3) is 2.88. The lowest BCUT2D eigenvalue weighted by molar-refractivity contribution is 0.624. The van der Waals surface area contributed by atoms with Crippen molar-refractivity contribution in [3.8, 4) is 0 Å². The summed E-state index contributed by atoms with van der Waals surface area (Å²) in [6, 6.07) is 8.13. The van der Waals surface area contributed by atoms with E-state index in [-0.39, 0.29) is 11.4 Å². The molecule has 0 amide bonds. The van der Waals surface area contributed by atoms with E-state index in [1.807, 2.05) is 0 Å². The van der Waals surface area contributed by atoms with E-state index in [4.69, 9.17) is 5.73 Å². The molecular weight excluding hydrogens is 285 g/mol. The van der Waals surface area contributed by atoms with Crippen molar-refractivity contribution in [3.05, 3.63) is 58.6 Å². The van der Waals surface area contributed by atoms with Gasteiger partial charge in [0.25, 0.3) is 0 Å². The Hall–Kier alpha value is -1.75. The largest absolute Gasteiger partial charge is 0.383 e. The third-order valence-electron chi connectivity index (χ3n) is 2.10. The van der Waals surface area contributed by atoms with Gasteiger partial charge in [-0.1, -0.05) is 15.9 Å². The van der Waals surface area contributed by atoms with E-state index in [9.17, 15) is 4.39 Å². The summed E-state index contributed by atoms with van der Waals surface area (Å²) in [4.78, 5) is 8.00. The number of nitrogens with two attached hydrogens (primary N) is 1. The number of pyridine rings is 1.